The zero-order valence-corrected chi connectivity index (χ0v) is 18.4. The molecule has 4 aliphatic rings. The van der Waals surface area contributed by atoms with Crippen molar-refractivity contribution >= 4 is 26.7 Å². The Balaban J connectivity index is 1.32. The van der Waals surface area contributed by atoms with Crippen LogP contribution >= 0.6 is 0 Å². The van der Waals surface area contributed by atoms with Gasteiger partial charge in [-0.3, -0.25) is 4.79 Å². The highest BCUT2D eigenvalue weighted by Crippen LogP contribution is 2.53. The largest absolute Gasteiger partial charge is 0.351 e. The van der Waals surface area contributed by atoms with Crippen molar-refractivity contribution < 1.29 is 13.2 Å². The topological polar surface area (TPSA) is 75.3 Å². The van der Waals surface area contributed by atoms with Crippen LogP contribution in [0.4, 0.5) is 0 Å². The standard InChI is InChI=1S/C24H30N2O3S/c1-24(2,23(27)25-22-19-10-15-9-16(12-19)13-20(22)11-15)26-30(28,29)21-8-7-17-5-3-4-6-18(17)14-21/h3-8,14-16,19-20,22,26H,9-13H2,1-2H3,(H,25,27). The van der Waals surface area contributed by atoms with Crippen LogP contribution in [0.3, 0.4) is 0 Å². The van der Waals surface area contributed by atoms with Crippen molar-refractivity contribution in [3.63, 3.8) is 0 Å². The van der Waals surface area contributed by atoms with Crippen molar-refractivity contribution in [2.24, 2.45) is 23.7 Å². The van der Waals surface area contributed by atoms with E-state index in [0.717, 1.165) is 22.6 Å². The Hall–Kier alpha value is -1.92. The molecule has 0 spiro atoms. The lowest BCUT2D eigenvalue weighted by molar-refractivity contribution is -0.129. The fraction of sp³-hybridized carbons (Fsp3) is 0.542. The van der Waals surface area contributed by atoms with Gasteiger partial charge in [-0.15, -0.1) is 0 Å². The number of sulfonamides is 1. The Labute approximate surface area is 178 Å². The van der Waals surface area contributed by atoms with Gasteiger partial charge in [0.25, 0.3) is 0 Å². The fourth-order valence-electron chi connectivity index (χ4n) is 6.27. The summed E-state index contributed by atoms with van der Waals surface area (Å²) in [5.41, 5.74) is -1.22. The van der Waals surface area contributed by atoms with Crippen molar-refractivity contribution in [2.75, 3.05) is 0 Å². The lowest BCUT2D eigenvalue weighted by Crippen LogP contribution is -2.62. The molecular weight excluding hydrogens is 396 g/mol. The predicted molar refractivity (Wildman–Crippen MR) is 117 cm³/mol. The molecule has 5 nitrogen and oxygen atoms in total. The third kappa shape index (κ3) is 3.54. The summed E-state index contributed by atoms with van der Waals surface area (Å²) in [7, 11) is -3.83. The second-order valence-electron chi connectivity index (χ2n) is 10.2. The summed E-state index contributed by atoms with van der Waals surface area (Å²) >= 11 is 0. The van der Waals surface area contributed by atoms with Crippen LogP contribution in [0.25, 0.3) is 10.8 Å². The average molecular weight is 427 g/mol. The minimum Gasteiger partial charge on any atom is -0.351 e. The molecule has 2 N–H and O–H groups in total. The lowest BCUT2D eigenvalue weighted by atomic mass is 9.54. The maximum absolute atomic E-state index is 13.1. The monoisotopic (exact) mass is 426 g/mol. The molecule has 0 atom stereocenters. The van der Waals surface area contributed by atoms with Gasteiger partial charge >= 0.3 is 0 Å². The molecule has 6 heteroatoms. The lowest BCUT2D eigenvalue weighted by Gasteiger charge is -2.54. The van der Waals surface area contributed by atoms with Crippen molar-refractivity contribution in [2.45, 2.75) is 62.4 Å². The van der Waals surface area contributed by atoms with Gasteiger partial charge in [0.05, 0.1) is 4.90 Å². The van der Waals surface area contributed by atoms with Gasteiger partial charge in [-0.25, -0.2) is 8.42 Å². The maximum atomic E-state index is 13.1. The van der Waals surface area contributed by atoms with Crippen LogP contribution in [0.2, 0.25) is 0 Å². The van der Waals surface area contributed by atoms with Gasteiger partial charge in [-0.05, 0) is 92.5 Å². The van der Waals surface area contributed by atoms with Crippen LogP contribution in [-0.2, 0) is 14.8 Å². The van der Waals surface area contributed by atoms with Gasteiger partial charge in [-0.1, -0.05) is 30.3 Å². The molecule has 2 aromatic carbocycles. The molecule has 0 saturated heterocycles. The van der Waals surface area contributed by atoms with E-state index in [1.807, 2.05) is 24.3 Å². The molecule has 0 aromatic heterocycles. The number of rotatable bonds is 5. The molecule has 6 rings (SSSR count). The molecule has 4 saturated carbocycles. The van der Waals surface area contributed by atoms with Crippen LogP contribution < -0.4 is 10.0 Å². The van der Waals surface area contributed by atoms with Gasteiger partial charge in [0.1, 0.15) is 5.54 Å². The first-order valence-corrected chi connectivity index (χ1v) is 12.5. The maximum Gasteiger partial charge on any atom is 0.241 e. The zero-order valence-electron chi connectivity index (χ0n) is 17.6. The van der Waals surface area contributed by atoms with E-state index in [0.29, 0.717) is 11.8 Å². The van der Waals surface area contributed by atoms with Gasteiger partial charge in [0, 0.05) is 6.04 Å². The van der Waals surface area contributed by atoms with Gasteiger partial charge in [-0.2, -0.15) is 4.72 Å². The highest BCUT2D eigenvalue weighted by molar-refractivity contribution is 7.89. The Kier molecular flexibility index (Phi) is 4.71. The number of hydrogen-bond acceptors (Lipinski definition) is 3. The Morgan fingerprint density at radius 2 is 1.50 bits per heavy atom. The molecule has 4 bridgehead atoms. The highest BCUT2D eigenvalue weighted by atomic mass is 32.2. The van der Waals surface area contributed by atoms with E-state index >= 15 is 0 Å². The minimum absolute atomic E-state index is 0.177. The normalized spacial score (nSPS) is 30.5. The van der Waals surface area contributed by atoms with Gasteiger partial charge < -0.3 is 5.32 Å². The molecule has 0 heterocycles. The third-order valence-electron chi connectivity index (χ3n) is 7.51. The van der Waals surface area contributed by atoms with Crippen molar-refractivity contribution in [3.8, 4) is 0 Å². The highest BCUT2D eigenvalue weighted by Gasteiger charge is 2.49. The summed E-state index contributed by atoms with van der Waals surface area (Å²) < 4.78 is 28.7. The summed E-state index contributed by atoms with van der Waals surface area (Å²) in [4.78, 5) is 13.3. The first-order valence-electron chi connectivity index (χ1n) is 11.0. The molecule has 1 amide bonds. The van der Waals surface area contributed by atoms with Crippen LogP contribution in [0.1, 0.15) is 46.0 Å². The van der Waals surface area contributed by atoms with E-state index in [1.165, 1.54) is 32.1 Å². The van der Waals surface area contributed by atoms with E-state index in [4.69, 9.17) is 0 Å². The summed E-state index contributed by atoms with van der Waals surface area (Å²) in [6, 6.07) is 12.9. The van der Waals surface area contributed by atoms with Gasteiger partial charge in [0.2, 0.25) is 15.9 Å². The summed E-state index contributed by atoms with van der Waals surface area (Å²) in [5, 5.41) is 5.08. The number of hydrogen-bond donors (Lipinski definition) is 2. The smallest absolute Gasteiger partial charge is 0.241 e. The first-order chi connectivity index (χ1) is 14.2. The third-order valence-corrected chi connectivity index (χ3v) is 9.17. The molecule has 0 aliphatic heterocycles. The van der Waals surface area contributed by atoms with E-state index in [9.17, 15) is 13.2 Å². The van der Waals surface area contributed by atoms with Crippen molar-refractivity contribution in [1.82, 2.24) is 10.0 Å². The van der Waals surface area contributed by atoms with Crippen molar-refractivity contribution in [3.05, 3.63) is 42.5 Å². The second kappa shape index (κ2) is 7.06. The van der Waals surface area contributed by atoms with E-state index < -0.39 is 15.6 Å². The summed E-state index contributed by atoms with van der Waals surface area (Å²) in [6.07, 6.45) is 6.20. The quantitative estimate of drug-likeness (QED) is 0.763. The van der Waals surface area contributed by atoms with E-state index in [-0.39, 0.29) is 16.8 Å². The number of fused-ring (bicyclic) bond motifs is 1. The number of carbonyl (C=O) groups is 1. The average Bonchev–Trinajstić information content (AvgIpc) is 2.69. The Morgan fingerprint density at radius 3 is 2.13 bits per heavy atom. The fourth-order valence-corrected chi connectivity index (χ4v) is 7.68. The molecule has 0 unspecified atom stereocenters. The number of amides is 1. The van der Waals surface area contributed by atoms with Crippen LogP contribution in [0, 0.1) is 23.7 Å². The van der Waals surface area contributed by atoms with Crippen LogP contribution in [-0.4, -0.2) is 25.9 Å². The van der Waals surface area contributed by atoms with E-state index in [1.54, 1.807) is 32.0 Å². The van der Waals surface area contributed by atoms with E-state index in [2.05, 4.69) is 10.0 Å². The zero-order chi connectivity index (χ0) is 21.1. The summed E-state index contributed by atoms with van der Waals surface area (Å²) in [5.74, 6) is 2.54. The number of benzene rings is 2. The molecule has 30 heavy (non-hydrogen) atoms. The Morgan fingerprint density at radius 1 is 0.900 bits per heavy atom. The molecule has 0 radical (unpaired) electrons. The summed E-state index contributed by atoms with van der Waals surface area (Å²) in [6.45, 7) is 3.30. The van der Waals surface area contributed by atoms with Crippen molar-refractivity contribution in [1.29, 1.82) is 0 Å². The second-order valence-corrected chi connectivity index (χ2v) is 11.9. The Bertz CT molecular complexity index is 1060. The molecule has 4 aliphatic carbocycles. The SMILES string of the molecule is CC(C)(NS(=O)(=O)c1ccc2ccccc2c1)C(=O)NC1C2CC3CC(C2)CC1C3. The number of nitrogens with one attached hydrogen (secondary N) is 2. The predicted octanol–water partition coefficient (Wildman–Crippen LogP) is 3.84. The number of carbonyl (C=O) groups excluding carboxylic acids is 1. The molecule has 160 valence electrons. The molecule has 4 fully saturated rings. The van der Waals surface area contributed by atoms with Gasteiger partial charge in [0.15, 0.2) is 0 Å². The molecular formula is C24H30N2O3S. The first kappa shape index (κ1) is 20.0. The minimum atomic E-state index is -3.83. The molecule has 2 aromatic rings. The van der Waals surface area contributed by atoms with Crippen LogP contribution in [0.15, 0.2) is 47.4 Å². The van der Waals surface area contributed by atoms with Crippen LogP contribution in [0.5, 0.6) is 0 Å².